The molecule has 2 atom stereocenters. The molecule has 4 N–H and O–H groups in total. The standard InChI is InChI=1S/C21H22ClFN4O6S/c1-9-5-6-14(23)17(10(9)2)11(3)18(20-25-26-21(29)33-20)27-34(30,31)16-8-15(32-4)13(22)7-12(16)19(24)28/h5-8,11,18,27H,1-4H3,(H2,24,28)(H,26,29)/t11-,18+/m1/s1. The van der Waals surface area contributed by atoms with E-state index in [2.05, 4.69) is 14.9 Å². The van der Waals surface area contributed by atoms with Gasteiger partial charge in [-0.05, 0) is 42.7 Å². The molecule has 0 bridgehead atoms. The molecule has 13 heteroatoms. The van der Waals surface area contributed by atoms with Crippen molar-refractivity contribution in [3.05, 3.63) is 73.8 Å². The molecule has 0 saturated heterocycles. The zero-order valence-electron chi connectivity index (χ0n) is 18.6. The van der Waals surface area contributed by atoms with Crippen molar-refractivity contribution >= 4 is 27.5 Å². The van der Waals surface area contributed by atoms with Crippen LogP contribution >= 0.6 is 11.6 Å². The van der Waals surface area contributed by atoms with E-state index in [0.717, 1.165) is 17.7 Å². The summed E-state index contributed by atoms with van der Waals surface area (Å²) in [5.74, 6) is -3.82. The lowest BCUT2D eigenvalue weighted by molar-refractivity contribution is 0.0997. The van der Waals surface area contributed by atoms with Crippen molar-refractivity contribution in [1.82, 2.24) is 14.9 Å². The monoisotopic (exact) mass is 512 g/mol. The summed E-state index contributed by atoms with van der Waals surface area (Å²) in [5, 5.41) is 5.77. The molecule has 0 aliphatic heterocycles. The molecule has 3 aromatic rings. The number of nitrogens with one attached hydrogen (secondary N) is 2. The molecule has 34 heavy (non-hydrogen) atoms. The van der Waals surface area contributed by atoms with Gasteiger partial charge in [0.15, 0.2) is 0 Å². The van der Waals surface area contributed by atoms with Gasteiger partial charge < -0.3 is 14.9 Å². The Bertz CT molecular complexity index is 1420. The first kappa shape index (κ1) is 25.4. The highest BCUT2D eigenvalue weighted by Gasteiger charge is 2.35. The average Bonchev–Trinajstić information content (AvgIpc) is 3.20. The third-order valence-electron chi connectivity index (χ3n) is 5.50. The van der Waals surface area contributed by atoms with Crippen LogP contribution in [0.5, 0.6) is 5.75 Å². The van der Waals surface area contributed by atoms with Crippen molar-refractivity contribution in [3.63, 3.8) is 0 Å². The predicted molar refractivity (Wildman–Crippen MR) is 121 cm³/mol. The highest BCUT2D eigenvalue weighted by molar-refractivity contribution is 7.89. The third kappa shape index (κ3) is 4.83. The van der Waals surface area contributed by atoms with Gasteiger partial charge in [0.2, 0.25) is 21.8 Å². The summed E-state index contributed by atoms with van der Waals surface area (Å²) in [6.45, 7) is 5.01. The first-order valence-corrected chi connectivity index (χ1v) is 11.7. The summed E-state index contributed by atoms with van der Waals surface area (Å²) in [7, 11) is -3.27. The van der Waals surface area contributed by atoms with Crippen LogP contribution in [0.25, 0.3) is 0 Å². The van der Waals surface area contributed by atoms with Crippen LogP contribution in [0.15, 0.2) is 38.4 Å². The van der Waals surface area contributed by atoms with Gasteiger partial charge >= 0.3 is 5.76 Å². The molecule has 1 amide bonds. The quantitative estimate of drug-likeness (QED) is 0.418. The zero-order valence-corrected chi connectivity index (χ0v) is 20.2. The van der Waals surface area contributed by atoms with Gasteiger partial charge in [-0.2, -0.15) is 4.72 Å². The second-order valence-corrected chi connectivity index (χ2v) is 9.68. The van der Waals surface area contributed by atoms with Crippen LogP contribution in [-0.4, -0.2) is 31.6 Å². The maximum Gasteiger partial charge on any atom is 0.434 e. The lowest BCUT2D eigenvalue weighted by atomic mass is 9.88. The SMILES string of the molecule is COc1cc(S(=O)(=O)N[C@H](c2n[nH]c(=O)o2)[C@H](C)c2c(F)ccc(C)c2C)c(C(N)=O)cc1Cl. The number of hydrogen-bond donors (Lipinski definition) is 3. The second kappa shape index (κ2) is 9.57. The first-order chi connectivity index (χ1) is 15.9. The number of nitrogens with zero attached hydrogens (tertiary/aromatic N) is 1. The predicted octanol–water partition coefficient (Wildman–Crippen LogP) is 2.70. The molecule has 0 unspecified atom stereocenters. The van der Waals surface area contributed by atoms with Crippen molar-refractivity contribution in [2.75, 3.05) is 7.11 Å². The molecule has 0 fully saturated rings. The van der Waals surface area contributed by atoms with Gasteiger partial charge in [0.05, 0.1) is 22.6 Å². The number of hydrogen-bond acceptors (Lipinski definition) is 7. The largest absolute Gasteiger partial charge is 0.495 e. The fraction of sp³-hybridized carbons (Fsp3) is 0.286. The molecular weight excluding hydrogens is 491 g/mol. The molecule has 0 aliphatic rings. The Morgan fingerprint density at radius 1 is 1.32 bits per heavy atom. The van der Waals surface area contributed by atoms with Gasteiger partial charge in [0, 0.05) is 12.0 Å². The Morgan fingerprint density at radius 2 is 2.00 bits per heavy atom. The summed E-state index contributed by atoms with van der Waals surface area (Å²) in [5.41, 5.74) is 6.52. The minimum Gasteiger partial charge on any atom is -0.495 e. The molecule has 0 radical (unpaired) electrons. The minimum atomic E-state index is -4.54. The van der Waals surface area contributed by atoms with Gasteiger partial charge in [-0.3, -0.25) is 4.79 Å². The topological polar surface area (TPSA) is 157 Å². The van der Waals surface area contributed by atoms with E-state index in [1.807, 2.05) is 0 Å². The number of amides is 1. The van der Waals surface area contributed by atoms with Gasteiger partial charge in [0.25, 0.3) is 0 Å². The Labute approximate surface area is 199 Å². The number of benzene rings is 2. The number of halogens is 2. The molecule has 2 aromatic carbocycles. The fourth-order valence-electron chi connectivity index (χ4n) is 3.61. The molecular formula is C21H22ClFN4O6S. The smallest absolute Gasteiger partial charge is 0.434 e. The van der Waals surface area contributed by atoms with Crippen LogP contribution in [0, 0.1) is 19.7 Å². The number of rotatable bonds is 8. The number of aromatic amines is 1. The molecule has 182 valence electrons. The number of carbonyl (C=O) groups excluding carboxylic acids is 1. The summed E-state index contributed by atoms with van der Waals surface area (Å²) < 4.78 is 54.1. The van der Waals surface area contributed by atoms with Gasteiger partial charge in [-0.15, -0.1) is 5.10 Å². The summed E-state index contributed by atoms with van der Waals surface area (Å²) >= 11 is 6.03. The van der Waals surface area contributed by atoms with Crippen molar-refractivity contribution in [1.29, 1.82) is 0 Å². The average molecular weight is 513 g/mol. The third-order valence-corrected chi connectivity index (χ3v) is 7.28. The van der Waals surface area contributed by atoms with Crippen molar-refractivity contribution < 1.29 is 26.8 Å². The van der Waals surface area contributed by atoms with Gasteiger partial charge in [-0.25, -0.2) is 22.7 Å². The maximum atomic E-state index is 14.8. The highest BCUT2D eigenvalue weighted by Crippen LogP contribution is 2.36. The molecule has 1 aromatic heterocycles. The Kier molecular flexibility index (Phi) is 7.15. The number of methoxy groups -OCH3 is 1. The molecule has 0 spiro atoms. The van der Waals surface area contributed by atoms with E-state index < -0.39 is 49.9 Å². The lowest BCUT2D eigenvalue weighted by Gasteiger charge is -2.25. The van der Waals surface area contributed by atoms with E-state index in [4.69, 9.17) is 26.5 Å². The van der Waals surface area contributed by atoms with Crippen LogP contribution in [0.3, 0.4) is 0 Å². The van der Waals surface area contributed by atoms with E-state index >= 15 is 0 Å². The molecule has 0 aliphatic carbocycles. The van der Waals surface area contributed by atoms with Crippen molar-refractivity contribution in [2.45, 2.75) is 37.6 Å². The number of sulfonamides is 1. The Hall–Kier alpha value is -3.22. The fourth-order valence-corrected chi connectivity index (χ4v) is 5.33. The first-order valence-electron chi connectivity index (χ1n) is 9.88. The Balaban J connectivity index is 2.18. The van der Waals surface area contributed by atoms with E-state index in [1.54, 1.807) is 26.8 Å². The summed E-state index contributed by atoms with van der Waals surface area (Å²) in [4.78, 5) is 23.0. The molecule has 1 heterocycles. The summed E-state index contributed by atoms with van der Waals surface area (Å²) in [6.07, 6.45) is 0. The van der Waals surface area contributed by atoms with Crippen LogP contribution in [0.1, 0.15) is 51.8 Å². The second-order valence-electron chi connectivity index (χ2n) is 7.59. The van der Waals surface area contributed by atoms with Crippen LogP contribution in [0.4, 0.5) is 4.39 Å². The Morgan fingerprint density at radius 3 is 2.56 bits per heavy atom. The van der Waals surface area contributed by atoms with Gasteiger partial charge in [-0.1, -0.05) is 24.6 Å². The van der Waals surface area contributed by atoms with Crippen LogP contribution in [-0.2, 0) is 10.0 Å². The van der Waals surface area contributed by atoms with Gasteiger partial charge in [0.1, 0.15) is 17.6 Å². The van der Waals surface area contributed by atoms with E-state index in [9.17, 15) is 22.4 Å². The highest BCUT2D eigenvalue weighted by atomic mass is 35.5. The number of nitrogens with two attached hydrogens (primary N) is 1. The van der Waals surface area contributed by atoms with Crippen molar-refractivity contribution in [2.24, 2.45) is 5.73 Å². The molecule has 10 nitrogen and oxygen atoms in total. The number of primary amides is 1. The zero-order chi connectivity index (χ0) is 25.4. The minimum absolute atomic E-state index is 0.0245. The number of ether oxygens (including phenoxy) is 1. The molecule has 0 saturated carbocycles. The van der Waals surface area contributed by atoms with E-state index in [-0.39, 0.29) is 22.2 Å². The number of carbonyl (C=O) groups is 1. The molecule has 3 rings (SSSR count). The maximum absolute atomic E-state index is 14.8. The van der Waals surface area contributed by atoms with E-state index in [1.165, 1.54) is 13.2 Å². The lowest BCUT2D eigenvalue weighted by Crippen LogP contribution is -2.34. The van der Waals surface area contributed by atoms with Crippen LogP contribution < -0.4 is 20.9 Å². The number of aromatic nitrogens is 2. The number of aryl methyl sites for hydroxylation is 1. The van der Waals surface area contributed by atoms with Crippen molar-refractivity contribution in [3.8, 4) is 5.75 Å². The normalized spacial score (nSPS) is 13.5. The van der Waals surface area contributed by atoms with E-state index in [0.29, 0.717) is 5.56 Å². The van der Waals surface area contributed by atoms with Crippen LogP contribution in [0.2, 0.25) is 5.02 Å². The number of H-pyrrole nitrogens is 1. The summed E-state index contributed by atoms with van der Waals surface area (Å²) in [6, 6.07) is 3.60.